The van der Waals surface area contributed by atoms with Crippen molar-refractivity contribution in [2.24, 2.45) is 0 Å². The van der Waals surface area contributed by atoms with E-state index >= 15 is 0 Å². The molecule has 0 spiro atoms. The molecule has 0 bridgehead atoms. The van der Waals surface area contributed by atoms with E-state index in [1.54, 1.807) is 17.4 Å². The van der Waals surface area contributed by atoms with Crippen molar-refractivity contribution in [3.05, 3.63) is 42.4 Å². The minimum Gasteiger partial charge on any atom is -0.472 e. The number of morpholine rings is 1. The molecule has 0 atom stereocenters. The van der Waals surface area contributed by atoms with Gasteiger partial charge in [0.1, 0.15) is 6.26 Å². The highest BCUT2D eigenvalue weighted by Crippen LogP contribution is 2.31. The molecule has 140 valence electrons. The van der Waals surface area contributed by atoms with Crippen molar-refractivity contribution < 1.29 is 18.7 Å². The number of amides is 2. The van der Waals surface area contributed by atoms with E-state index in [4.69, 9.17) is 9.15 Å². The van der Waals surface area contributed by atoms with Gasteiger partial charge in [0.25, 0.3) is 5.91 Å². The van der Waals surface area contributed by atoms with Gasteiger partial charge in [-0.1, -0.05) is 11.3 Å². The molecule has 4 rings (SSSR count). The predicted molar refractivity (Wildman–Crippen MR) is 102 cm³/mol. The highest BCUT2D eigenvalue weighted by Gasteiger charge is 2.16. The third-order valence-electron chi connectivity index (χ3n) is 4.14. The number of carbonyl (C=O) groups is 2. The minimum atomic E-state index is -0.355. The summed E-state index contributed by atoms with van der Waals surface area (Å²) in [6.45, 7) is 2.97. The molecule has 0 radical (unpaired) electrons. The molecular weight excluding hydrogens is 368 g/mol. The number of thiazole rings is 1. The van der Waals surface area contributed by atoms with Crippen molar-refractivity contribution in [2.75, 3.05) is 43.1 Å². The van der Waals surface area contributed by atoms with Crippen molar-refractivity contribution in [1.29, 1.82) is 0 Å². The van der Waals surface area contributed by atoms with Crippen molar-refractivity contribution in [1.82, 2.24) is 10.3 Å². The van der Waals surface area contributed by atoms with Crippen LogP contribution in [-0.2, 0) is 9.53 Å². The maximum atomic E-state index is 12.1. The van der Waals surface area contributed by atoms with Gasteiger partial charge in [0.15, 0.2) is 5.13 Å². The predicted octanol–water partition coefficient (Wildman–Crippen LogP) is 2.09. The van der Waals surface area contributed by atoms with Crippen LogP contribution in [0.25, 0.3) is 10.2 Å². The first-order valence-corrected chi connectivity index (χ1v) is 9.34. The van der Waals surface area contributed by atoms with E-state index in [1.165, 1.54) is 18.6 Å². The summed E-state index contributed by atoms with van der Waals surface area (Å²) in [5.74, 6) is -0.656. The van der Waals surface area contributed by atoms with Crippen molar-refractivity contribution >= 4 is 44.2 Å². The van der Waals surface area contributed by atoms with Crippen LogP contribution >= 0.6 is 11.3 Å². The molecule has 8 nitrogen and oxygen atoms in total. The lowest BCUT2D eigenvalue weighted by atomic mass is 10.3. The highest BCUT2D eigenvalue weighted by molar-refractivity contribution is 7.22. The second kappa shape index (κ2) is 7.77. The number of aromatic nitrogens is 1. The molecule has 1 fully saturated rings. The van der Waals surface area contributed by atoms with Crippen LogP contribution in [0.3, 0.4) is 0 Å². The Balaban J connectivity index is 1.38. The third kappa shape index (κ3) is 4.09. The fraction of sp³-hybridized carbons (Fsp3) is 0.278. The molecule has 0 aliphatic carbocycles. The zero-order valence-corrected chi connectivity index (χ0v) is 15.3. The summed E-state index contributed by atoms with van der Waals surface area (Å²) >= 11 is 1.59. The van der Waals surface area contributed by atoms with Gasteiger partial charge in [-0.3, -0.25) is 9.59 Å². The number of hydrogen-bond donors (Lipinski definition) is 2. The Bertz CT molecular complexity index is 948. The summed E-state index contributed by atoms with van der Waals surface area (Å²) in [6, 6.07) is 7.13. The van der Waals surface area contributed by atoms with Crippen LogP contribution in [0.15, 0.2) is 41.2 Å². The van der Waals surface area contributed by atoms with Gasteiger partial charge >= 0.3 is 0 Å². The largest absolute Gasteiger partial charge is 0.472 e. The first kappa shape index (κ1) is 17.5. The van der Waals surface area contributed by atoms with Crippen molar-refractivity contribution in [2.45, 2.75) is 0 Å². The van der Waals surface area contributed by atoms with E-state index in [0.29, 0.717) is 24.5 Å². The van der Waals surface area contributed by atoms with E-state index in [0.717, 1.165) is 28.4 Å². The topological polar surface area (TPSA) is 96.7 Å². The normalized spacial score (nSPS) is 14.3. The molecular formula is C18H18N4O4S. The molecule has 1 saturated heterocycles. The molecule has 9 heteroatoms. The molecule has 27 heavy (non-hydrogen) atoms. The Morgan fingerprint density at radius 2 is 2.07 bits per heavy atom. The van der Waals surface area contributed by atoms with Gasteiger partial charge in [-0.15, -0.1) is 0 Å². The Hall–Kier alpha value is -2.91. The number of nitrogens with one attached hydrogen (secondary N) is 2. The summed E-state index contributed by atoms with van der Waals surface area (Å²) < 4.78 is 11.2. The van der Waals surface area contributed by atoms with E-state index in [9.17, 15) is 9.59 Å². The van der Waals surface area contributed by atoms with Gasteiger partial charge in [-0.05, 0) is 24.3 Å². The maximum absolute atomic E-state index is 12.1. The first-order chi connectivity index (χ1) is 13.2. The number of ether oxygens (including phenoxy) is 1. The number of hydrogen-bond acceptors (Lipinski definition) is 7. The van der Waals surface area contributed by atoms with Crippen LogP contribution in [0.1, 0.15) is 10.4 Å². The third-order valence-corrected chi connectivity index (χ3v) is 5.21. The number of furan rings is 1. The van der Waals surface area contributed by atoms with Crippen LogP contribution in [0.5, 0.6) is 0 Å². The monoisotopic (exact) mass is 386 g/mol. The smallest absolute Gasteiger partial charge is 0.254 e. The second-order valence-corrected chi connectivity index (χ2v) is 7.03. The van der Waals surface area contributed by atoms with Crippen LogP contribution in [0, 0.1) is 0 Å². The number of carbonyl (C=O) groups excluding carboxylic acids is 2. The van der Waals surface area contributed by atoms with Crippen LogP contribution in [0.2, 0.25) is 0 Å². The van der Waals surface area contributed by atoms with E-state index in [-0.39, 0.29) is 18.4 Å². The highest BCUT2D eigenvalue weighted by atomic mass is 32.1. The van der Waals surface area contributed by atoms with E-state index < -0.39 is 0 Å². The lowest BCUT2D eigenvalue weighted by Crippen LogP contribution is -2.36. The van der Waals surface area contributed by atoms with Gasteiger partial charge in [-0.25, -0.2) is 4.98 Å². The average molecular weight is 386 g/mol. The van der Waals surface area contributed by atoms with Gasteiger partial charge < -0.3 is 24.7 Å². The van der Waals surface area contributed by atoms with E-state index in [2.05, 4.69) is 20.5 Å². The fourth-order valence-electron chi connectivity index (χ4n) is 2.74. The van der Waals surface area contributed by atoms with Gasteiger partial charge in [0, 0.05) is 18.8 Å². The molecule has 0 saturated carbocycles. The number of nitrogens with zero attached hydrogens (tertiary/aromatic N) is 2. The maximum Gasteiger partial charge on any atom is 0.254 e. The summed E-state index contributed by atoms with van der Waals surface area (Å²) in [5.41, 5.74) is 1.94. The second-order valence-electron chi connectivity index (χ2n) is 6.02. The van der Waals surface area contributed by atoms with Gasteiger partial charge in [-0.2, -0.15) is 0 Å². The number of anilines is 2. The summed E-state index contributed by atoms with van der Waals surface area (Å²) in [7, 11) is 0. The molecule has 1 aliphatic heterocycles. The van der Waals surface area contributed by atoms with Crippen LogP contribution < -0.4 is 15.5 Å². The molecule has 2 aromatic heterocycles. The Morgan fingerprint density at radius 1 is 1.22 bits per heavy atom. The quantitative estimate of drug-likeness (QED) is 0.697. The molecule has 2 N–H and O–H groups in total. The number of fused-ring (bicyclic) bond motifs is 1. The zero-order valence-electron chi connectivity index (χ0n) is 14.4. The molecule has 1 aliphatic rings. The summed E-state index contributed by atoms with van der Waals surface area (Å²) in [6.07, 6.45) is 2.74. The van der Waals surface area contributed by atoms with Gasteiger partial charge in [0.2, 0.25) is 5.91 Å². The first-order valence-electron chi connectivity index (χ1n) is 8.52. The van der Waals surface area contributed by atoms with Crippen molar-refractivity contribution in [3.8, 4) is 0 Å². The number of rotatable bonds is 5. The Labute approximate surface area is 159 Å². The average Bonchev–Trinajstić information content (AvgIpc) is 3.36. The van der Waals surface area contributed by atoms with Crippen LogP contribution in [-0.4, -0.2) is 49.6 Å². The van der Waals surface area contributed by atoms with E-state index in [1.807, 2.05) is 12.1 Å². The summed E-state index contributed by atoms with van der Waals surface area (Å²) in [5, 5.41) is 6.30. The number of benzene rings is 1. The lowest BCUT2D eigenvalue weighted by Gasteiger charge is -2.25. The minimum absolute atomic E-state index is 0.121. The zero-order chi connectivity index (χ0) is 18.6. The summed E-state index contributed by atoms with van der Waals surface area (Å²) in [4.78, 5) is 30.8. The van der Waals surface area contributed by atoms with Gasteiger partial charge in [0.05, 0.1) is 41.8 Å². The molecule has 2 amide bonds. The Morgan fingerprint density at radius 3 is 2.85 bits per heavy atom. The van der Waals surface area contributed by atoms with Crippen LogP contribution in [0.4, 0.5) is 10.8 Å². The molecule has 3 heterocycles. The molecule has 0 unspecified atom stereocenters. The van der Waals surface area contributed by atoms with Crippen molar-refractivity contribution in [3.63, 3.8) is 0 Å². The standard InChI is InChI=1S/C18H18N4O4S/c23-16(10-19-17(24)12-3-6-26-11-12)20-13-1-2-14-15(9-13)27-18(21-14)22-4-7-25-8-5-22/h1-3,6,9,11H,4-5,7-8,10H2,(H,19,24)(H,20,23). The fourth-order valence-corrected chi connectivity index (χ4v) is 3.80. The molecule has 1 aromatic carbocycles. The SMILES string of the molecule is O=C(CNC(=O)c1ccoc1)Nc1ccc2nc(N3CCOCC3)sc2c1. The molecule has 3 aromatic rings. The Kier molecular flexibility index (Phi) is 5.03. The lowest BCUT2D eigenvalue weighted by molar-refractivity contribution is -0.115.